The summed E-state index contributed by atoms with van der Waals surface area (Å²) in [6.45, 7) is 8.26. The van der Waals surface area contributed by atoms with Gasteiger partial charge in [0.15, 0.2) is 0 Å². The Hall–Kier alpha value is -2.18. The van der Waals surface area contributed by atoms with Crippen molar-refractivity contribution in [3.05, 3.63) is 65.7 Å². The number of nitrogens with one attached hydrogen (secondary N) is 2. The van der Waals surface area contributed by atoms with E-state index in [0.29, 0.717) is 0 Å². The zero-order valence-electron chi connectivity index (χ0n) is 17.7. The van der Waals surface area contributed by atoms with Gasteiger partial charge in [-0.05, 0) is 48.4 Å². The summed E-state index contributed by atoms with van der Waals surface area (Å²) in [5.41, 5.74) is 2.27. The molecule has 0 radical (unpaired) electrons. The molecule has 0 aromatic heterocycles. The third-order valence-corrected chi connectivity index (χ3v) is 6.27. The standard InChI is InChI=1S/C23H32N2O3S/c1-18(10-11-19-8-6-5-7-9-19)25-22(26)16-17-24-29(27,28)21-14-12-20(13-15-21)23(2,3)4/h5-9,12-15,18,24H,10-11,16-17H2,1-4H3,(H,25,26). The average Bonchev–Trinajstić information content (AvgIpc) is 2.66. The summed E-state index contributed by atoms with van der Waals surface area (Å²) < 4.78 is 27.3. The minimum Gasteiger partial charge on any atom is -0.354 e. The van der Waals surface area contributed by atoms with Crippen molar-refractivity contribution in [1.82, 2.24) is 10.0 Å². The quantitative estimate of drug-likeness (QED) is 0.653. The van der Waals surface area contributed by atoms with E-state index in [1.165, 1.54) is 5.56 Å². The maximum atomic E-state index is 12.4. The van der Waals surface area contributed by atoms with Crippen molar-refractivity contribution in [2.45, 2.75) is 63.3 Å². The van der Waals surface area contributed by atoms with Crippen molar-refractivity contribution in [3.63, 3.8) is 0 Å². The van der Waals surface area contributed by atoms with Gasteiger partial charge in [0.2, 0.25) is 15.9 Å². The highest BCUT2D eigenvalue weighted by molar-refractivity contribution is 7.89. The molecule has 6 heteroatoms. The second kappa shape index (κ2) is 10.0. The second-order valence-corrected chi connectivity index (χ2v) is 10.2. The van der Waals surface area contributed by atoms with Crippen molar-refractivity contribution in [2.24, 2.45) is 0 Å². The minimum atomic E-state index is -3.62. The van der Waals surface area contributed by atoms with Crippen LogP contribution >= 0.6 is 0 Å². The third-order valence-electron chi connectivity index (χ3n) is 4.79. The Kier molecular flexibility index (Phi) is 7.99. The first-order valence-electron chi connectivity index (χ1n) is 10.0. The summed E-state index contributed by atoms with van der Waals surface area (Å²) in [5, 5.41) is 2.93. The van der Waals surface area contributed by atoms with Crippen molar-refractivity contribution < 1.29 is 13.2 Å². The molecule has 0 saturated heterocycles. The van der Waals surface area contributed by atoms with E-state index in [9.17, 15) is 13.2 Å². The van der Waals surface area contributed by atoms with E-state index in [0.717, 1.165) is 18.4 Å². The smallest absolute Gasteiger partial charge is 0.240 e. The number of aryl methyl sites for hydroxylation is 1. The number of carbonyl (C=O) groups is 1. The molecule has 1 amide bonds. The summed E-state index contributed by atoms with van der Waals surface area (Å²) in [5.74, 6) is -0.156. The summed E-state index contributed by atoms with van der Waals surface area (Å²) in [7, 11) is -3.62. The van der Waals surface area contributed by atoms with Crippen LogP contribution in [-0.4, -0.2) is 26.9 Å². The molecule has 0 heterocycles. The highest BCUT2D eigenvalue weighted by Crippen LogP contribution is 2.23. The summed E-state index contributed by atoms with van der Waals surface area (Å²) in [4.78, 5) is 12.3. The lowest BCUT2D eigenvalue weighted by Crippen LogP contribution is -2.35. The van der Waals surface area contributed by atoms with E-state index in [4.69, 9.17) is 0 Å². The number of rotatable bonds is 9. The molecule has 1 atom stereocenters. The number of carbonyl (C=O) groups excluding carboxylic acids is 1. The van der Waals surface area contributed by atoms with Crippen LogP contribution in [0.4, 0.5) is 0 Å². The molecular weight excluding hydrogens is 384 g/mol. The Morgan fingerprint density at radius 1 is 1.00 bits per heavy atom. The molecule has 0 aliphatic rings. The van der Waals surface area contributed by atoms with Gasteiger partial charge in [0.25, 0.3) is 0 Å². The first-order chi connectivity index (χ1) is 13.6. The summed E-state index contributed by atoms with van der Waals surface area (Å²) >= 11 is 0. The van der Waals surface area contributed by atoms with Gasteiger partial charge in [-0.3, -0.25) is 4.79 Å². The summed E-state index contributed by atoms with van der Waals surface area (Å²) in [6.07, 6.45) is 1.83. The van der Waals surface area contributed by atoms with E-state index in [1.807, 2.05) is 37.3 Å². The predicted molar refractivity (Wildman–Crippen MR) is 117 cm³/mol. The number of benzene rings is 2. The maximum absolute atomic E-state index is 12.4. The molecule has 0 spiro atoms. The Morgan fingerprint density at radius 2 is 1.62 bits per heavy atom. The molecule has 0 saturated carbocycles. The van der Waals surface area contributed by atoms with Crippen LogP contribution in [-0.2, 0) is 26.7 Å². The zero-order chi connectivity index (χ0) is 21.5. The lowest BCUT2D eigenvalue weighted by molar-refractivity contribution is -0.121. The Bertz CT molecular complexity index is 886. The van der Waals surface area contributed by atoms with E-state index in [2.05, 4.69) is 42.9 Å². The van der Waals surface area contributed by atoms with Gasteiger partial charge in [-0.1, -0.05) is 63.2 Å². The topological polar surface area (TPSA) is 75.3 Å². The summed E-state index contributed by atoms with van der Waals surface area (Å²) in [6, 6.07) is 17.0. The SMILES string of the molecule is CC(CCc1ccccc1)NC(=O)CCNS(=O)(=O)c1ccc(C(C)(C)C)cc1. The Balaban J connectivity index is 1.76. The van der Waals surface area contributed by atoms with Gasteiger partial charge in [-0.15, -0.1) is 0 Å². The lowest BCUT2D eigenvalue weighted by Gasteiger charge is -2.19. The molecule has 2 N–H and O–H groups in total. The van der Waals surface area contributed by atoms with Gasteiger partial charge in [0.1, 0.15) is 0 Å². The molecule has 2 rings (SSSR count). The van der Waals surface area contributed by atoms with Crippen LogP contribution in [0, 0.1) is 0 Å². The number of sulfonamides is 1. The monoisotopic (exact) mass is 416 g/mol. The Labute approximate surface area is 175 Å². The van der Waals surface area contributed by atoms with Crippen LogP contribution in [0.15, 0.2) is 59.5 Å². The van der Waals surface area contributed by atoms with Crippen LogP contribution in [0.2, 0.25) is 0 Å². The fourth-order valence-electron chi connectivity index (χ4n) is 2.96. The fraction of sp³-hybridized carbons (Fsp3) is 0.435. The van der Waals surface area contributed by atoms with Gasteiger partial charge in [-0.25, -0.2) is 13.1 Å². The lowest BCUT2D eigenvalue weighted by atomic mass is 9.87. The van der Waals surface area contributed by atoms with Gasteiger partial charge in [0, 0.05) is 19.0 Å². The average molecular weight is 417 g/mol. The van der Waals surface area contributed by atoms with Gasteiger partial charge >= 0.3 is 0 Å². The number of hydrogen-bond acceptors (Lipinski definition) is 3. The maximum Gasteiger partial charge on any atom is 0.240 e. The molecule has 5 nitrogen and oxygen atoms in total. The van der Waals surface area contributed by atoms with Crippen LogP contribution in [0.1, 0.15) is 51.7 Å². The molecule has 1 unspecified atom stereocenters. The normalized spacial score (nSPS) is 13.1. The van der Waals surface area contributed by atoms with E-state index >= 15 is 0 Å². The third kappa shape index (κ3) is 7.63. The molecule has 2 aromatic rings. The van der Waals surface area contributed by atoms with Gasteiger partial charge in [-0.2, -0.15) is 0 Å². The van der Waals surface area contributed by atoms with E-state index in [-0.39, 0.29) is 35.2 Å². The van der Waals surface area contributed by atoms with Gasteiger partial charge < -0.3 is 5.32 Å². The van der Waals surface area contributed by atoms with Crippen molar-refractivity contribution in [1.29, 1.82) is 0 Å². The van der Waals surface area contributed by atoms with Gasteiger partial charge in [0.05, 0.1) is 4.90 Å². The van der Waals surface area contributed by atoms with Crippen LogP contribution < -0.4 is 10.0 Å². The molecule has 0 bridgehead atoms. The number of amides is 1. The van der Waals surface area contributed by atoms with Crippen molar-refractivity contribution in [3.8, 4) is 0 Å². The highest BCUT2D eigenvalue weighted by atomic mass is 32.2. The molecule has 0 aliphatic heterocycles. The zero-order valence-corrected chi connectivity index (χ0v) is 18.6. The molecule has 29 heavy (non-hydrogen) atoms. The molecule has 2 aromatic carbocycles. The fourth-order valence-corrected chi connectivity index (χ4v) is 4.00. The van der Waals surface area contributed by atoms with Crippen molar-refractivity contribution in [2.75, 3.05) is 6.54 Å². The van der Waals surface area contributed by atoms with Crippen molar-refractivity contribution >= 4 is 15.9 Å². The predicted octanol–water partition coefficient (Wildman–Crippen LogP) is 3.79. The first-order valence-corrected chi connectivity index (χ1v) is 11.5. The second-order valence-electron chi connectivity index (χ2n) is 8.41. The first kappa shape index (κ1) is 23.1. The number of hydrogen-bond donors (Lipinski definition) is 2. The molecule has 158 valence electrons. The van der Waals surface area contributed by atoms with Crippen LogP contribution in [0.3, 0.4) is 0 Å². The largest absolute Gasteiger partial charge is 0.354 e. The van der Waals surface area contributed by atoms with Crippen LogP contribution in [0.5, 0.6) is 0 Å². The molecule has 0 aliphatic carbocycles. The minimum absolute atomic E-state index is 0.0317. The van der Waals surface area contributed by atoms with Crippen LogP contribution in [0.25, 0.3) is 0 Å². The highest BCUT2D eigenvalue weighted by Gasteiger charge is 2.18. The molecular formula is C23H32N2O3S. The Morgan fingerprint density at radius 3 is 2.21 bits per heavy atom. The molecule has 0 fully saturated rings. The van der Waals surface area contributed by atoms with E-state index < -0.39 is 10.0 Å². The van der Waals surface area contributed by atoms with E-state index in [1.54, 1.807) is 12.1 Å².